The Bertz CT molecular complexity index is 3210. The van der Waals surface area contributed by atoms with Crippen LogP contribution in [0, 0.1) is 0 Å². The summed E-state index contributed by atoms with van der Waals surface area (Å²) in [5.74, 6) is 1.84. The average molecular weight is 796 g/mol. The van der Waals surface area contributed by atoms with Crippen molar-refractivity contribution in [3.8, 4) is 89.8 Å². The molecule has 0 amide bonds. The molecule has 4 heteroatoms. The molecule has 3 nitrogen and oxygen atoms in total. The quantitative estimate of drug-likeness (QED) is 0.154. The summed E-state index contributed by atoms with van der Waals surface area (Å²) in [7, 11) is 0. The van der Waals surface area contributed by atoms with Gasteiger partial charge in [0.25, 0.3) is 0 Å². The normalized spacial score (nSPS) is 11.3. The van der Waals surface area contributed by atoms with E-state index in [4.69, 9.17) is 15.0 Å². The molecule has 0 atom stereocenters. The van der Waals surface area contributed by atoms with Crippen LogP contribution in [0.3, 0.4) is 0 Å². The van der Waals surface area contributed by atoms with Crippen molar-refractivity contribution in [3.05, 3.63) is 224 Å². The summed E-state index contributed by atoms with van der Waals surface area (Å²) >= 11 is 1.84. The number of thiophene rings is 1. The number of nitrogens with zero attached hydrogens (tertiary/aromatic N) is 3. The van der Waals surface area contributed by atoms with Gasteiger partial charge in [-0.25, -0.2) is 15.0 Å². The van der Waals surface area contributed by atoms with Crippen molar-refractivity contribution >= 4 is 31.5 Å². The second kappa shape index (κ2) is 15.8. The van der Waals surface area contributed by atoms with Crippen LogP contribution >= 0.6 is 11.3 Å². The summed E-state index contributed by atoms with van der Waals surface area (Å²) in [6, 6.07) is 79.4. The Kier molecular flexibility index (Phi) is 9.38. The predicted molar refractivity (Wildman–Crippen MR) is 256 cm³/mol. The fourth-order valence-electron chi connectivity index (χ4n) is 8.29. The lowest BCUT2D eigenvalue weighted by Gasteiger charge is -2.19. The molecule has 0 saturated heterocycles. The number of fused-ring (bicyclic) bond motifs is 3. The van der Waals surface area contributed by atoms with Gasteiger partial charge in [0.2, 0.25) is 0 Å². The molecule has 0 bridgehead atoms. The lowest BCUT2D eigenvalue weighted by molar-refractivity contribution is 1.07. The van der Waals surface area contributed by atoms with Gasteiger partial charge in [-0.15, -0.1) is 11.3 Å². The van der Waals surface area contributed by atoms with Crippen molar-refractivity contribution in [2.24, 2.45) is 0 Å². The minimum atomic E-state index is 0.610. The van der Waals surface area contributed by atoms with Crippen molar-refractivity contribution in [1.82, 2.24) is 15.0 Å². The largest absolute Gasteiger partial charge is 0.208 e. The zero-order valence-electron chi connectivity index (χ0n) is 33.1. The molecule has 0 unspecified atom stereocenters. The highest BCUT2D eigenvalue weighted by molar-refractivity contribution is 7.25. The van der Waals surface area contributed by atoms with Crippen molar-refractivity contribution < 1.29 is 0 Å². The number of rotatable bonds is 8. The van der Waals surface area contributed by atoms with E-state index in [0.717, 1.165) is 72.3 Å². The topological polar surface area (TPSA) is 38.7 Å². The number of hydrogen-bond donors (Lipinski definition) is 0. The summed E-state index contributed by atoms with van der Waals surface area (Å²) in [5, 5.41) is 2.53. The van der Waals surface area contributed by atoms with Gasteiger partial charge in [0.15, 0.2) is 17.5 Å². The molecule has 0 radical (unpaired) electrons. The van der Waals surface area contributed by atoms with E-state index in [1.165, 1.54) is 20.2 Å². The molecule has 0 aliphatic heterocycles. The van der Waals surface area contributed by atoms with Crippen LogP contribution in [0.4, 0.5) is 0 Å². The first-order chi connectivity index (χ1) is 30.2. The van der Waals surface area contributed by atoms with Gasteiger partial charge in [0.1, 0.15) is 0 Å². The zero-order valence-corrected chi connectivity index (χ0v) is 33.9. The summed E-state index contributed by atoms with van der Waals surface area (Å²) in [4.78, 5) is 16.0. The summed E-state index contributed by atoms with van der Waals surface area (Å²) in [6.07, 6.45) is 0. The SMILES string of the molecule is c1ccc(-c2ccc(-c3nc(-c4ccc(-c5ccccc5)cc4)nc(-c4cc(-c5ccccc5)cc(-c5ccc6sc7ccccc7c6c5)c4-c4ccccc4)n3)cc2)cc1. The Labute approximate surface area is 359 Å². The van der Waals surface area contributed by atoms with Gasteiger partial charge in [0, 0.05) is 42.4 Å². The van der Waals surface area contributed by atoms with Gasteiger partial charge in [-0.3, -0.25) is 0 Å². The van der Waals surface area contributed by atoms with Crippen LogP contribution in [0.1, 0.15) is 0 Å². The molecule has 11 rings (SSSR count). The van der Waals surface area contributed by atoms with E-state index in [9.17, 15) is 0 Å². The molecule has 2 aromatic heterocycles. The minimum absolute atomic E-state index is 0.610. The second-order valence-electron chi connectivity index (χ2n) is 15.2. The van der Waals surface area contributed by atoms with Crippen LogP contribution in [0.15, 0.2) is 224 Å². The first-order valence-corrected chi connectivity index (χ1v) is 21.3. The maximum atomic E-state index is 5.38. The Morgan fingerprint density at radius 1 is 0.246 bits per heavy atom. The standard InChI is InChI=1S/C57H37N3S/c1-5-15-38(16-6-1)41-25-29-44(30-26-41)55-58-56(45-31-27-42(28-32-45)39-17-7-2-8-18-39)60-57(59-55)51-37-47(40-19-9-3-10-20-40)36-49(54(51)43-21-11-4-12-22-43)46-33-34-53-50(35-46)48-23-13-14-24-52(48)61-53/h1-37H. The molecule has 0 N–H and O–H groups in total. The minimum Gasteiger partial charge on any atom is -0.208 e. The summed E-state index contributed by atoms with van der Waals surface area (Å²) in [6.45, 7) is 0. The first kappa shape index (κ1) is 36.3. The lowest BCUT2D eigenvalue weighted by Crippen LogP contribution is -2.02. The molecule has 0 aliphatic rings. The Morgan fingerprint density at radius 3 is 1.20 bits per heavy atom. The fraction of sp³-hybridized carbons (Fsp3) is 0. The van der Waals surface area contributed by atoms with E-state index in [1.807, 2.05) is 23.5 Å². The Morgan fingerprint density at radius 2 is 0.639 bits per heavy atom. The van der Waals surface area contributed by atoms with E-state index in [2.05, 4.69) is 212 Å². The van der Waals surface area contributed by atoms with Gasteiger partial charge < -0.3 is 0 Å². The Balaban J connectivity index is 1.16. The van der Waals surface area contributed by atoms with Gasteiger partial charge in [0.05, 0.1) is 0 Å². The molecule has 11 aromatic rings. The maximum Gasteiger partial charge on any atom is 0.164 e. The molecular formula is C57H37N3S. The smallest absolute Gasteiger partial charge is 0.164 e. The Hall–Kier alpha value is -7.79. The van der Waals surface area contributed by atoms with Crippen LogP contribution in [0.2, 0.25) is 0 Å². The molecule has 286 valence electrons. The second-order valence-corrected chi connectivity index (χ2v) is 16.3. The highest BCUT2D eigenvalue weighted by Crippen LogP contribution is 2.45. The van der Waals surface area contributed by atoms with Crippen molar-refractivity contribution in [2.45, 2.75) is 0 Å². The molecule has 0 fully saturated rings. The van der Waals surface area contributed by atoms with E-state index >= 15 is 0 Å². The first-order valence-electron chi connectivity index (χ1n) is 20.5. The van der Waals surface area contributed by atoms with Crippen LogP contribution in [-0.4, -0.2) is 15.0 Å². The molecule has 0 aliphatic carbocycles. The van der Waals surface area contributed by atoms with Crippen LogP contribution in [-0.2, 0) is 0 Å². The monoisotopic (exact) mass is 795 g/mol. The fourth-order valence-corrected chi connectivity index (χ4v) is 9.38. The zero-order chi connectivity index (χ0) is 40.5. The summed E-state index contributed by atoms with van der Waals surface area (Å²) in [5.41, 5.74) is 14.0. The van der Waals surface area contributed by atoms with E-state index in [1.54, 1.807) is 0 Å². The molecule has 0 saturated carbocycles. The van der Waals surface area contributed by atoms with Crippen LogP contribution in [0.5, 0.6) is 0 Å². The molecule has 9 aromatic carbocycles. The van der Waals surface area contributed by atoms with E-state index < -0.39 is 0 Å². The number of hydrogen-bond acceptors (Lipinski definition) is 4. The van der Waals surface area contributed by atoms with Gasteiger partial charge in [-0.1, -0.05) is 194 Å². The third-order valence-corrected chi connectivity index (χ3v) is 12.5. The maximum absolute atomic E-state index is 5.38. The molecule has 2 heterocycles. The van der Waals surface area contributed by atoms with Gasteiger partial charge in [-0.05, 0) is 80.4 Å². The van der Waals surface area contributed by atoms with Crippen molar-refractivity contribution in [1.29, 1.82) is 0 Å². The average Bonchev–Trinajstić information content (AvgIpc) is 3.73. The lowest BCUT2D eigenvalue weighted by atomic mass is 9.86. The number of aromatic nitrogens is 3. The highest BCUT2D eigenvalue weighted by Gasteiger charge is 2.22. The third-order valence-electron chi connectivity index (χ3n) is 11.4. The molecule has 61 heavy (non-hydrogen) atoms. The third kappa shape index (κ3) is 7.09. The molecular weight excluding hydrogens is 759 g/mol. The molecule has 0 spiro atoms. The van der Waals surface area contributed by atoms with Crippen LogP contribution in [0.25, 0.3) is 110 Å². The van der Waals surface area contributed by atoms with Gasteiger partial charge >= 0.3 is 0 Å². The predicted octanol–water partition coefficient (Wildman–Crippen LogP) is 15.6. The summed E-state index contributed by atoms with van der Waals surface area (Å²) < 4.78 is 2.56. The number of benzene rings is 9. The van der Waals surface area contributed by atoms with Crippen molar-refractivity contribution in [3.63, 3.8) is 0 Å². The van der Waals surface area contributed by atoms with Gasteiger partial charge in [-0.2, -0.15) is 0 Å². The highest BCUT2D eigenvalue weighted by atomic mass is 32.1. The van der Waals surface area contributed by atoms with Crippen LogP contribution < -0.4 is 0 Å². The van der Waals surface area contributed by atoms with Crippen molar-refractivity contribution in [2.75, 3.05) is 0 Å². The van der Waals surface area contributed by atoms with E-state index in [0.29, 0.717) is 17.5 Å². The van der Waals surface area contributed by atoms with E-state index in [-0.39, 0.29) is 0 Å².